The molecule has 3 aliphatic rings. The molecule has 0 aromatic heterocycles. The molecule has 0 amide bonds. The molecule has 9 atom stereocenters. The summed E-state index contributed by atoms with van der Waals surface area (Å²) < 4.78 is 11.4. The van der Waals surface area contributed by atoms with Crippen molar-refractivity contribution in [2.24, 2.45) is 29.6 Å². The van der Waals surface area contributed by atoms with Crippen molar-refractivity contribution in [1.29, 1.82) is 0 Å². The Morgan fingerprint density at radius 3 is 2.67 bits per heavy atom. The van der Waals surface area contributed by atoms with E-state index in [1.807, 2.05) is 0 Å². The summed E-state index contributed by atoms with van der Waals surface area (Å²) in [6.45, 7) is 7.61. The fraction of sp³-hybridized carbons (Fsp3) is 0.750. The Morgan fingerprint density at radius 1 is 1.27 bits per heavy atom. The van der Waals surface area contributed by atoms with Gasteiger partial charge in [0.2, 0.25) is 0 Å². The third kappa shape index (κ3) is 5.33. The fourth-order valence-electron chi connectivity index (χ4n) is 5.09. The molecule has 0 aromatic rings. The van der Waals surface area contributed by atoms with Crippen LogP contribution in [0.25, 0.3) is 0 Å². The molecule has 1 saturated heterocycles. The highest BCUT2D eigenvalue weighted by molar-refractivity contribution is 5.73. The molecule has 0 radical (unpaired) electrons. The van der Waals surface area contributed by atoms with E-state index in [0.717, 1.165) is 12.8 Å². The summed E-state index contributed by atoms with van der Waals surface area (Å²) in [7, 11) is 0. The molecule has 168 valence electrons. The van der Waals surface area contributed by atoms with Crippen LogP contribution in [0.4, 0.5) is 0 Å². The third-order valence-electron chi connectivity index (χ3n) is 7.02. The van der Waals surface area contributed by atoms with Crippen LogP contribution in [0.15, 0.2) is 23.8 Å². The Hall–Kier alpha value is -1.66. The van der Waals surface area contributed by atoms with Crippen molar-refractivity contribution < 1.29 is 29.3 Å². The van der Waals surface area contributed by atoms with Gasteiger partial charge in [-0.15, -0.1) is 0 Å². The average molecular weight is 421 g/mol. The van der Waals surface area contributed by atoms with E-state index >= 15 is 0 Å². The molecule has 30 heavy (non-hydrogen) atoms. The Kier molecular flexibility index (Phi) is 7.40. The van der Waals surface area contributed by atoms with E-state index in [1.165, 1.54) is 5.57 Å². The van der Waals surface area contributed by atoms with Crippen LogP contribution in [0.1, 0.15) is 59.8 Å². The topological polar surface area (TPSA) is 93.1 Å². The van der Waals surface area contributed by atoms with Crippen LogP contribution in [0, 0.1) is 29.6 Å². The first-order valence-electron chi connectivity index (χ1n) is 11.3. The van der Waals surface area contributed by atoms with Gasteiger partial charge in [0, 0.05) is 12.3 Å². The number of carbonyl (C=O) groups is 2. The maximum Gasteiger partial charge on any atom is 0.311 e. The maximum absolute atomic E-state index is 12.6. The van der Waals surface area contributed by atoms with Gasteiger partial charge >= 0.3 is 11.9 Å². The van der Waals surface area contributed by atoms with Crippen LogP contribution in [0.5, 0.6) is 0 Å². The molecular formula is C24H36O6. The van der Waals surface area contributed by atoms with E-state index in [4.69, 9.17) is 9.47 Å². The van der Waals surface area contributed by atoms with Crippen LogP contribution in [0.2, 0.25) is 0 Å². The second-order valence-electron chi connectivity index (χ2n) is 9.58. The predicted molar refractivity (Wildman–Crippen MR) is 112 cm³/mol. The number of aliphatic hydroxyl groups is 2. The van der Waals surface area contributed by atoms with Crippen molar-refractivity contribution >= 4 is 11.9 Å². The molecule has 6 heteroatoms. The van der Waals surface area contributed by atoms with Crippen LogP contribution < -0.4 is 0 Å². The summed E-state index contributed by atoms with van der Waals surface area (Å²) in [5, 5.41) is 19.7. The number of rotatable bonds is 6. The number of allylic oxidation sites excluding steroid dienone is 3. The smallest absolute Gasteiger partial charge is 0.311 e. The zero-order chi connectivity index (χ0) is 22.0. The van der Waals surface area contributed by atoms with Gasteiger partial charge in [-0.25, -0.2) is 0 Å². The summed E-state index contributed by atoms with van der Waals surface area (Å²) in [4.78, 5) is 24.3. The summed E-state index contributed by atoms with van der Waals surface area (Å²) in [6.07, 6.45) is 7.62. The molecule has 2 N–H and O–H groups in total. The lowest BCUT2D eigenvalue weighted by Gasteiger charge is -2.43. The summed E-state index contributed by atoms with van der Waals surface area (Å²) in [5.74, 6) is -0.283. The number of hydrogen-bond acceptors (Lipinski definition) is 6. The SMILES string of the molecule is CC(O)[C@H](C)C(=O)O[C@H]1C[C@@H](C)C=C2C=C[C@H](C)C(CC[C@@H]3C[C@@H](O)CC(=O)O3)[C@H]21. The lowest BCUT2D eigenvalue weighted by atomic mass is 9.65. The Labute approximate surface area is 179 Å². The number of esters is 2. The van der Waals surface area contributed by atoms with E-state index < -0.39 is 18.1 Å². The average Bonchev–Trinajstić information content (AvgIpc) is 2.65. The van der Waals surface area contributed by atoms with Crippen molar-refractivity contribution in [1.82, 2.24) is 0 Å². The lowest BCUT2D eigenvalue weighted by Crippen LogP contribution is -2.42. The van der Waals surface area contributed by atoms with E-state index in [9.17, 15) is 19.8 Å². The van der Waals surface area contributed by atoms with Gasteiger partial charge in [0.05, 0.1) is 24.5 Å². The van der Waals surface area contributed by atoms with Gasteiger partial charge < -0.3 is 19.7 Å². The molecule has 1 aliphatic heterocycles. The first-order chi connectivity index (χ1) is 14.2. The van der Waals surface area contributed by atoms with Gasteiger partial charge in [-0.3, -0.25) is 9.59 Å². The zero-order valence-corrected chi connectivity index (χ0v) is 18.5. The second kappa shape index (κ2) is 9.65. The highest BCUT2D eigenvalue weighted by atomic mass is 16.6. The Bertz CT molecular complexity index is 696. The Balaban J connectivity index is 1.74. The molecule has 0 aromatic carbocycles. The first-order valence-corrected chi connectivity index (χ1v) is 11.3. The van der Waals surface area contributed by atoms with Gasteiger partial charge in [0.1, 0.15) is 12.2 Å². The highest BCUT2D eigenvalue weighted by Crippen LogP contribution is 2.45. The molecule has 3 rings (SSSR count). The molecule has 2 aliphatic carbocycles. The van der Waals surface area contributed by atoms with Crippen molar-refractivity contribution in [3.63, 3.8) is 0 Å². The van der Waals surface area contributed by atoms with Gasteiger partial charge in [0.25, 0.3) is 0 Å². The summed E-state index contributed by atoms with van der Waals surface area (Å²) in [5.41, 5.74) is 1.21. The third-order valence-corrected chi connectivity index (χ3v) is 7.02. The van der Waals surface area contributed by atoms with E-state index in [2.05, 4.69) is 32.1 Å². The molecule has 0 saturated carbocycles. The minimum absolute atomic E-state index is 0.0754. The van der Waals surface area contributed by atoms with E-state index in [1.54, 1.807) is 13.8 Å². The molecule has 2 unspecified atom stereocenters. The van der Waals surface area contributed by atoms with Gasteiger partial charge in [-0.1, -0.05) is 32.1 Å². The van der Waals surface area contributed by atoms with Crippen molar-refractivity contribution in [2.75, 3.05) is 0 Å². The number of fused-ring (bicyclic) bond motifs is 1. The zero-order valence-electron chi connectivity index (χ0n) is 18.5. The minimum Gasteiger partial charge on any atom is -0.462 e. The summed E-state index contributed by atoms with van der Waals surface area (Å²) >= 11 is 0. The van der Waals surface area contributed by atoms with Crippen molar-refractivity contribution in [3.05, 3.63) is 23.8 Å². The highest BCUT2D eigenvalue weighted by Gasteiger charge is 2.42. The van der Waals surface area contributed by atoms with Crippen LogP contribution >= 0.6 is 0 Å². The van der Waals surface area contributed by atoms with Crippen molar-refractivity contribution in [2.45, 2.75) is 84.2 Å². The second-order valence-corrected chi connectivity index (χ2v) is 9.58. The molecule has 6 nitrogen and oxygen atoms in total. The van der Waals surface area contributed by atoms with Crippen molar-refractivity contribution in [3.8, 4) is 0 Å². The van der Waals surface area contributed by atoms with Crippen LogP contribution in [0.3, 0.4) is 0 Å². The van der Waals surface area contributed by atoms with Crippen LogP contribution in [-0.4, -0.2) is 46.6 Å². The molecule has 0 bridgehead atoms. The number of ether oxygens (including phenoxy) is 2. The summed E-state index contributed by atoms with van der Waals surface area (Å²) in [6, 6.07) is 0. The minimum atomic E-state index is -0.748. The van der Waals surface area contributed by atoms with Gasteiger partial charge in [-0.2, -0.15) is 0 Å². The number of cyclic esters (lactones) is 1. The maximum atomic E-state index is 12.6. The molecular weight excluding hydrogens is 384 g/mol. The van der Waals surface area contributed by atoms with E-state index in [-0.39, 0.29) is 42.4 Å². The Morgan fingerprint density at radius 2 is 2.00 bits per heavy atom. The number of carbonyl (C=O) groups excluding carboxylic acids is 2. The lowest BCUT2D eigenvalue weighted by molar-refractivity contribution is -0.164. The normalized spacial score (nSPS) is 38.1. The fourth-order valence-corrected chi connectivity index (χ4v) is 5.09. The largest absolute Gasteiger partial charge is 0.462 e. The molecule has 1 heterocycles. The number of hydrogen-bond donors (Lipinski definition) is 2. The predicted octanol–water partition coefficient (Wildman–Crippen LogP) is 3.17. The van der Waals surface area contributed by atoms with Crippen LogP contribution in [-0.2, 0) is 19.1 Å². The molecule has 1 fully saturated rings. The molecule has 0 spiro atoms. The van der Waals surface area contributed by atoms with Gasteiger partial charge in [-0.05, 0) is 56.4 Å². The van der Waals surface area contributed by atoms with Gasteiger partial charge in [0.15, 0.2) is 0 Å². The first kappa shape index (κ1) is 23.0. The quantitative estimate of drug-likeness (QED) is 0.641. The van der Waals surface area contributed by atoms with E-state index in [0.29, 0.717) is 24.7 Å². The standard InChI is InChI=1S/C24H36O6/c1-13-9-17-6-5-14(2)20(8-7-19-11-18(26)12-22(27)29-19)23(17)21(10-13)30-24(28)15(3)16(4)25/h5-6,9,13-16,18-21,23,25-26H,7-8,10-12H2,1-4H3/t13-,14-,15-,16?,18+,19+,20?,21-,23-/m0/s1. The monoisotopic (exact) mass is 420 g/mol. The number of aliphatic hydroxyl groups excluding tert-OH is 2.